The zero-order valence-corrected chi connectivity index (χ0v) is 9.22. The van der Waals surface area contributed by atoms with Gasteiger partial charge in [-0.15, -0.1) is 0 Å². The van der Waals surface area contributed by atoms with E-state index >= 15 is 0 Å². The van der Waals surface area contributed by atoms with Crippen molar-refractivity contribution in [1.82, 2.24) is 0 Å². The molecule has 0 heterocycles. The second-order valence-corrected chi connectivity index (χ2v) is 3.85. The highest BCUT2D eigenvalue weighted by Gasteiger charge is 2.20. The van der Waals surface area contributed by atoms with Crippen LogP contribution in [0.25, 0.3) is 0 Å². The first-order valence-corrected chi connectivity index (χ1v) is 5.20. The third-order valence-corrected chi connectivity index (χ3v) is 2.43. The molecule has 1 fully saturated rings. The van der Waals surface area contributed by atoms with Gasteiger partial charge < -0.3 is 4.74 Å². The molecule has 0 aromatic heterocycles. The number of esters is 1. The molecule has 1 aliphatic rings. The number of hydrogen-bond donors (Lipinski definition) is 0. The van der Waals surface area contributed by atoms with Crippen LogP contribution in [0.5, 0.6) is 0 Å². The van der Waals surface area contributed by atoms with Gasteiger partial charge in [-0.05, 0) is 25.0 Å². The van der Waals surface area contributed by atoms with Crippen LogP contribution in [0.3, 0.4) is 0 Å². The smallest absolute Gasteiger partial charge is 0.343 e. The SMILES string of the molecule is COC(=O)c1c(F)cc(C#CC2CC2)cc1F. The summed E-state index contributed by atoms with van der Waals surface area (Å²) in [6.45, 7) is 0. The van der Waals surface area contributed by atoms with Crippen LogP contribution < -0.4 is 0 Å². The first-order valence-electron chi connectivity index (χ1n) is 5.20. The first kappa shape index (κ1) is 11.6. The molecule has 88 valence electrons. The molecule has 0 saturated heterocycles. The Balaban J connectivity index is 2.34. The third-order valence-electron chi connectivity index (χ3n) is 2.43. The zero-order chi connectivity index (χ0) is 12.4. The Bertz CT molecular complexity index is 499. The molecule has 17 heavy (non-hydrogen) atoms. The highest BCUT2D eigenvalue weighted by Crippen LogP contribution is 2.27. The summed E-state index contributed by atoms with van der Waals surface area (Å²) in [6.07, 6.45) is 2.08. The van der Waals surface area contributed by atoms with Crippen LogP contribution in [-0.2, 0) is 4.74 Å². The molecule has 0 aliphatic heterocycles. The van der Waals surface area contributed by atoms with Gasteiger partial charge >= 0.3 is 5.97 Å². The van der Waals surface area contributed by atoms with Crippen LogP contribution in [0, 0.1) is 29.4 Å². The molecule has 0 radical (unpaired) electrons. The summed E-state index contributed by atoms with van der Waals surface area (Å²) in [5.41, 5.74) is -0.441. The standard InChI is InChI=1S/C13H10F2O2/c1-17-13(16)12-10(14)6-9(7-11(12)15)5-4-8-2-3-8/h6-8H,2-3H2,1H3. The van der Waals surface area contributed by atoms with E-state index in [1.54, 1.807) is 0 Å². The van der Waals surface area contributed by atoms with E-state index in [0.717, 1.165) is 32.1 Å². The van der Waals surface area contributed by atoms with Gasteiger partial charge in [0.05, 0.1) is 7.11 Å². The molecule has 0 atom stereocenters. The summed E-state index contributed by atoms with van der Waals surface area (Å²) in [5, 5.41) is 0. The summed E-state index contributed by atoms with van der Waals surface area (Å²) < 4.78 is 31.3. The fourth-order valence-electron chi connectivity index (χ4n) is 1.36. The van der Waals surface area contributed by atoms with Crippen LogP contribution >= 0.6 is 0 Å². The number of rotatable bonds is 1. The van der Waals surface area contributed by atoms with Gasteiger partial charge in [0.15, 0.2) is 0 Å². The van der Waals surface area contributed by atoms with E-state index in [1.807, 2.05) is 0 Å². The Kier molecular flexibility index (Phi) is 3.10. The molecule has 0 unspecified atom stereocenters. The Hall–Kier alpha value is -1.89. The predicted octanol–water partition coefficient (Wildman–Crippen LogP) is 2.51. The quantitative estimate of drug-likeness (QED) is 0.553. The monoisotopic (exact) mass is 236 g/mol. The minimum atomic E-state index is -1.03. The molecule has 0 amide bonds. The third kappa shape index (κ3) is 2.62. The van der Waals surface area contributed by atoms with Crippen LogP contribution in [0.2, 0.25) is 0 Å². The normalized spacial score (nSPS) is 13.8. The Labute approximate surface area is 97.6 Å². The molecular weight excluding hydrogens is 226 g/mol. The van der Waals surface area contributed by atoms with E-state index in [9.17, 15) is 13.6 Å². The summed E-state index contributed by atoms with van der Waals surface area (Å²) >= 11 is 0. The maximum absolute atomic E-state index is 13.5. The van der Waals surface area contributed by atoms with E-state index in [2.05, 4.69) is 16.6 Å². The maximum atomic E-state index is 13.5. The maximum Gasteiger partial charge on any atom is 0.343 e. The minimum absolute atomic E-state index is 0.236. The van der Waals surface area contributed by atoms with Gasteiger partial charge in [0.2, 0.25) is 0 Å². The topological polar surface area (TPSA) is 26.3 Å². The molecule has 0 bridgehead atoms. The Morgan fingerprint density at radius 3 is 2.41 bits per heavy atom. The van der Waals surface area contributed by atoms with Crippen molar-refractivity contribution in [3.05, 3.63) is 34.9 Å². The summed E-state index contributed by atoms with van der Waals surface area (Å²) in [5.74, 6) is 3.01. The number of carbonyl (C=O) groups excluding carboxylic acids is 1. The Morgan fingerprint density at radius 1 is 1.35 bits per heavy atom. The minimum Gasteiger partial charge on any atom is -0.465 e. The highest BCUT2D eigenvalue weighted by molar-refractivity contribution is 5.90. The molecule has 1 aliphatic carbocycles. The number of methoxy groups -OCH3 is 1. The molecule has 0 spiro atoms. The first-order chi connectivity index (χ1) is 8.11. The average Bonchev–Trinajstić information content (AvgIpc) is 3.09. The second kappa shape index (κ2) is 4.54. The lowest BCUT2D eigenvalue weighted by Crippen LogP contribution is -2.08. The van der Waals surface area contributed by atoms with Crippen molar-refractivity contribution in [2.75, 3.05) is 7.11 Å². The van der Waals surface area contributed by atoms with Crippen molar-refractivity contribution < 1.29 is 18.3 Å². The molecule has 1 saturated carbocycles. The molecule has 4 heteroatoms. The van der Waals surface area contributed by atoms with Crippen molar-refractivity contribution in [2.45, 2.75) is 12.8 Å². The second-order valence-electron chi connectivity index (χ2n) is 3.85. The van der Waals surface area contributed by atoms with Crippen LogP contribution in [0.4, 0.5) is 8.78 Å². The average molecular weight is 236 g/mol. The van der Waals surface area contributed by atoms with Gasteiger partial charge in [-0.3, -0.25) is 0 Å². The van der Waals surface area contributed by atoms with Crippen molar-refractivity contribution in [3.63, 3.8) is 0 Å². The lowest BCUT2D eigenvalue weighted by Gasteiger charge is -2.03. The van der Waals surface area contributed by atoms with E-state index < -0.39 is 23.2 Å². The molecular formula is C13H10F2O2. The van der Waals surface area contributed by atoms with E-state index in [4.69, 9.17) is 0 Å². The van der Waals surface area contributed by atoms with Gasteiger partial charge in [-0.25, -0.2) is 13.6 Å². The van der Waals surface area contributed by atoms with Crippen molar-refractivity contribution >= 4 is 5.97 Å². The van der Waals surface area contributed by atoms with Crippen molar-refractivity contribution in [2.24, 2.45) is 5.92 Å². The lowest BCUT2D eigenvalue weighted by molar-refractivity contribution is 0.0590. The molecule has 2 nitrogen and oxygen atoms in total. The van der Waals surface area contributed by atoms with Crippen molar-refractivity contribution in [1.29, 1.82) is 0 Å². The number of halogens is 2. The number of hydrogen-bond acceptors (Lipinski definition) is 2. The number of ether oxygens (including phenoxy) is 1. The van der Waals surface area contributed by atoms with Crippen LogP contribution in [0.15, 0.2) is 12.1 Å². The summed E-state index contributed by atoms with van der Waals surface area (Å²) in [4.78, 5) is 11.1. The number of carbonyl (C=O) groups is 1. The fourth-order valence-corrected chi connectivity index (χ4v) is 1.36. The van der Waals surface area contributed by atoms with Gasteiger partial charge in [-0.1, -0.05) is 11.8 Å². The van der Waals surface area contributed by atoms with Crippen LogP contribution in [0.1, 0.15) is 28.8 Å². The van der Waals surface area contributed by atoms with Gasteiger partial charge in [-0.2, -0.15) is 0 Å². The van der Waals surface area contributed by atoms with Gasteiger partial charge in [0.25, 0.3) is 0 Å². The molecule has 2 rings (SSSR count). The van der Waals surface area contributed by atoms with Crippen LogP contribution in [-0.4, -0.2) is 13.1 Å². The van der Waals surface area contributed by atoms with Gasteiger partial charge in [0, 0.05) is 11.5 Å². The van der Waals surface area contributed by atoms with E-state index in [0.29, 0.717) is 5.92 Å². The summed E-state index contributed by atoms with van der Waals surface area (Å²) in [7, 11) is 1.07. The molecule has 0 N–H and O–H groups in total. The number of benzene rings is 1. The predicted molar refractivity (Wildman–Crippen MR) is 57.3 cm³/mol. The fraction of sp³-hybridized carbons (Fsp3) is 0.308. The van der Waals surface area contributed by atoms with Gasteiger partial charge in [0.1, 0.15) is 17.2 Å². The summed E-state index contributed by atoms with van der Waals surface area (Å²) in [6, 6.07) is 2.09. The highest BCUT2D eigenvalue weighted by atomic mass is 19.1. The van der Waals surface area contributed by atoms with Crippen molar-refractivity contribution in [3.8, 4) is 11.8 Å². The lowest BCUT2D eigenvalue weighted by atomic mass is 10.1. The Morgan fingerprint density at radius 2 is 1.94 bits per heavy atom. The molecule has 1 aromatic rings. The van der Waals surface area contributed by atoms with E-state index in [-0.39, 0.29) is 5.56 Å². The largest absolute Gasteiger partial charge is 0.465 e. The van der Waals surface area contributed by atoms with E-state index in [1.165, 1.54) is 0 Å². The zero-order valence-electron chi connectivity index (χ0n) is 9.22. The molecule has 1 aromatic carbocycles.